The highest BCUT2D eigenvalue weighted by atomic mass is 19.2. The van der Waals surface area contributed by atoms with Gasteiger partial charge in [-0.05, 0) is 38.3 Å². The first-order chi connectivity index (χ1) is 13.5. The maximum atomic E-state index is 14.2. The van der Waals surface area contributed by atoms with Crippen LogP contribution in [0.2, 0.25) is 0 Å². The van der Waals surface area contributed by atoms with Gasteiger partial charge in [0.15, 0.2) is 17.4 Å². The Hall–Kier alpha value is -3.03. The number of piperidine rings is 1. The van der Waals surface area contributed by atoms with Crippen molar-refractivity contribution in [2.24, 2.45) is 7.05 Å². The maximum Gasteiger partial charge on any atom is 0.257 e. The van der Waals surface area contributed by atoms with Crippen molar-refractivity contribution in [3.05, 3.63) is 59.0 Å². The van der Waals surface area contributed by atoms with Gasteiger partial charge in [-0.3, -0.25) is 9.48 Å². The summed E-state index contributed by atoms with van der Waals surface area (Å²) < 4.78 is 34.9. The van der Waals surface area contributed by atoms with Crippen molar-refractivity contribution in [3.63, 3.8) is 0 Å². The number of halogens is 2. The molecule has 28 heavy (non-hydrogen) atoms. The van der Waals surface area contributed by atoms with Gasteiger partial charge >= 0.3 is 0 Å². The largest absolute Gasteiger partial charge is 0.356 e. The van der Waals surface area contributed by atoms with Crippen LogP contribution >= 0.6 is 0 Å². The van der Waals surface area contributed by atoms with Crippen LogP contribution in [0.4, 0.5) is 8.78 Å². The second kappa shape index (κ2) is 7.18. The molecule has 4 rings (SSSR count). The molecule has 0 radical (unpaired) electrons. The number of carbonyl (C=O) groups is 1. The molecule has 1 fully saturated rings. The number of hydrogen-bond acceptors (Lipinski definition) is 4. The van der Waals surface area contributed by atoms with E-state index < -0.39 is 17.5 Å². The van der Waals surface area contributed by atoms with Crippen LogP contribution in [0.25, 0.3) is 11.3 Å². The Labute approximate surface area is 160 Å². The van der Waals surface area contributed by atoms with Gasteiger partial charge < -0.3 is 9.42 Å². The van der Waals surface area contributed by atoms with Gasteiger partial charge in [-0.15, -0.1) is 0 Å². The standard InChI is InChI=1S/C20H20F2N4O2/c1-12-10-17(28-24-12)14-11-25(2)23-19(14)16-8-3-4-9-26(16)20(27)13-6-5-7-15(21)18(13)22/h5-7,10-11,16H,3-4,8-9H2,1-2H3/t16-/m0/s1. The predicted octanol–water partition coefficient (Wildman–Crippen LogP) is 4.03. The van der Waals surface area contributed by atoms with Crippen molar-refractivity contribution in [1.29, 1.82) is 0 Å². The Bertz CT molecular complexity index is 1030. The van der Waals surface area contributed by atoms with Crippen LogP contribution in [0.15, 0.2) is 35.0 Å². The van der Waals surface area contributed by atoms with Gasteiger partial charge in [-0.1, -0.05) is 11.2 Å². The number of aryl methyl sites for hydroxylation is 2. The summed E-state index contributed by atoms with van der Waals surface area (Å²) in [5.41, 5.74) is 1.89. The molecule has 0 aliphatic carbocycles. The van der Waals surface area contributed by atoms with Crippen molar-refractivity contribution in [3.8, 4) is 11.3 Å². The highest BCUT2D eigenvalue weighted by Crippen LogP contribution is 2.37. The minimum absolute atomic E-state index is 0.264. The molecule has 0 unspecified atom stereocenters. The second-order valence-electron chi connectivity index (χ2n) is 7.05. The third-order valence-electron chi connectivity index (χ3n) is 5.01. The molecular weight excluding hydrogens is 366 g/mol. The third-order valence-corrected chi connectivity index (χ3v) is 5.01. The zero-order valence-corrected chi connectivity index (χ0v) is 15.7. The Morgan fingerprint density at radius 1 is 1.29 bits per heavy atom. The number of nitrogens with zero attached hydrogens (tertiary/aromatic N) is 4. The molecule has 0 bridgehead atoms. The number of rotatable bonds is 3. The monoisotopic (exact) mass is 386 g/mol. The van der Waals surface area contributed by atoms with E-state index in [1.807, 2.05) is 19.2 Å². The third kappa shape index (κ3) is 3.19. The minimum atomic E-state index is -1.12. The molecule has 1 saturated heterocycles. The summed E-state index contributed by atoms with van der Waals surface area (Å²) in [6, 6.07) is 5.11. The molecule has 3 aromatic rings. The Kier molecular flexibility index (Phi) is 4.70. The number of likely N-dealkylation sites (tertiary alicyclic amines) is 1. The molecule has 1 aliphatic heterocycles. The molecular formula is C20H20F2N4O2. The van der Waals surface area contributed by atoms with Gasteiger partial charge in [0.1, 0.15) is 0 Å². The Morgan fingerprint density at radius 2 is 2.11 bits per heavy atom. The molecule has 0 spiro atoms. The number of hydrogen-bond donors (Lipinski definition) is 0. The summed E-state index contributed by atoms with van der Waals surface area (Å²) in [4.78, 5) is 14.6. The van der Waals surface area contributed by atoms with Crippen molar-refractivity contribution < 1.29 is 18.1 Å². The fourth-order valence-electron chi connectivity index (χ4n) is 3.71. The first-order valence-corrected chi connectivity index (χ1v) is 9.18. The van der Waals surface area contributed by atoms with E-state index in [0.29, 0.717) is 24.4 Å². The molecule has 1 amide bonds. The lowest BCUT2D eigenvalue weighted by atomic mass is 9.95. The highest BCUT2D eigenvalue weighted by Gasteiger charge is 2.34. The number of carbonyl (C=O) groups excluding carboxylic acids is 1. The van der Waals surface area contributed by atoms with E-state index in [0.717, 1.165) is 30.2 Å². The van der Waals surface area contributed by atoms with Crippen LogP contribution in [0.5, 0.6) is 0 Å². The van der Waals surface area contributed by atoms with E-state index in [1.54, 1.807) is 16.6 Å². The molecule has 3 heterocycles. The summed E-state index contributed by atoms with van der Waals surface area (Å²) >= 11 is 0. The van der Waals surface area contributed by atoms with Crippen molar-refractivity contribution in [2.45, 2.75) is 32.2 Å². The average Bonchev–Trinajstić information content (AvgIpc) is 3.29. The molecule has 2 aromatic heterocycles. The van der Waals surface area contributed by atoms with Gasteiger partial charge in [0.05, 0.1) is 28.6 Å². The summed E-state index contributed by atoms with van der Waals surface area (Å²) in [5, 5.41) is 8.48. The van der Waals surface area contributed by atoms with E-state index in [1.165, 1.54) is 12.1 Å². The number of amides is 1. The SMILES string of the molecule is Cc1cc(-c2cn(C)nc2[C@@H]2CCCCN2C(=O)c2cccc(F)c2F)on1. The van der Waals surface area contributed by atoms with Crippen molar-refractivity contribution in [2.75, 3.05) is 6.54 Å². The van der Waals surface area contributed by atoms with E-state index >= 15 is 0 Å². The van der Waals surface area contributed by atoms with E-state index in [4.69, 9.17) is 4.52 Å². The summed E-state index contributed by atoms with van der Waals surface area (Å²) in [7, 11) is 1.79. The van der Waals surface area contributed by atoms with Crippen LogP contribution in [0.3, 0.4) is 0 Å². The van der Waals surface area contributed by atoms with Gasteiger partial charge in [0.25, 0.3) is 5.91 Å². The van der Waals surface area contributed by atoms with Crippen molar-refractivity contribution >= 4 is 5.91 Å². The number of benzene rings is 1. The molecule has 6 nitrogen and oxygen atoms in total. The fraction of sp³-hybridized carbons (Fsp3) is 0.350. The maximum absolute atomic E-state index is 14.2. The molecule has 8 heteroatoms. The normalized spacial score (nSPS) is 17.1. The molecule has 1 aromatic carbocycles. The van der Waals surface area contributed by atoms with E-state index in [-0.39, 0.29) is 11.6 Å². The average molecular weight is 386 g/mol. The topological polar surface area (TPSA) is 64.2 Å². The summed E-state index contributed by atoms with van der Waals surface area (Å²) in [5.74, 6) is -2.12. The first kappa shape index (κ1) is 18.3. The van der Waals surface area contributed by atoms with Gasteiger partial charge in [-0.2, -0.15) is 5.10 Å². The first-order valence-electron chi connectivity index (χ1n) is 9.18. The van der Waals surface area contributed by atoms with Gasteiger partial charge in [0, 0.05) is 25.9 Å². The smallest absolute Gasteiger partial charge is 0.257 e. The van der Waals surface area contributed by atoms with Gasteiger partial charge in [0.2, 0.25) is 0 Å². The van der Waals surface area contributed by atoms with Crippen molar-refractivity contribution in [1.82, 2.24) is 19.8 Å². The molecule has 1 atom stereocenters. The fourth-order valence-corrected chi connectivity index (χ4v) is 3.71. The van der Waals surface area contributed by atoms with Crippen LogP contribution in [0.1, 0.15) is 47.1 Å². The lowest BCUT2D eigenvalue weighted by Crippen LogP contribution is -2.39. The lowest BCUT2D eigenvalue weighted by Gasteiger charge is -2.35. The molecule has 146 valence electrons. The lowest BCUT2D eigenvalue weighted by molar-refractivity contribution is 0.0600. The zero-order valence-electron chi connectivity index (χ0n) is 15.7. The minimum Gasteiger partial charge on any atom is -0.356 e. The molecule has 0 saturated carbocycles. The second-order valence-corrected chi connectivity index (χ2v) is 7.05. The number of aromatic nitrogens is 3. The van der Waals surface area contributed by atoms with Crippen LogP contribution < -0.4 is 0 Å². The van der Waals surface area contributed by atoms with Crippen LogP contribution in [-0.2, 0) is 7.05 Å². The predicted molar refractivity (Wildman–Crippen MR) is 97.4 cm³/mol. The summed E-state index contributed by atoms with van der Waals surface area (Å²) in [6.07, 6.45) is 4.20. The summed E-state index contributed by atoms with van der Waals surface area (Å²) in [6.45, 7) is 2.27. The Morgan fingerprint density at radius 3 is 2.86 bits per heavy atom. The van der Waals surface area contributed by atoms with Crippen LogP contribution in [-0.4, -0.2) is 32.3 Å². The molecule has 0 N–H and O–H groups in total. The Balaban J connectivity index is 1.74. The van der Waals surface area contributed by atoms with Gasteiger partial charge in [-0.25, -0.2) is 8.78 Å². The van der Waals surface area contributed by atoms with E-state index in [9.17, 15) is 13.6 Å². The zero-order chi connectivity index (χ0) is 19.8. The van der Waals surface area contributed by atoms with Crippen LogP contribution in [0, 0.1) is 18.6 Å². The molecule has 1 aliphatic rings. The quantitative estimate of drug-likeness (QED) is 0.682. The highest BCUT2D eigenvalue weighted by molar-refractivity contribution is 5.95. The van der Waals surface area contributed by atoms with E-state index in [2.05, 4.69) is 10.3 Å².